The minimum atomic E-state index is -0.850. The predicted molar refractivity (Wildman–Crippen MR) is 78.4 cm³/mol. The van der Waals surface area contributed by atoms with Gasteiger partial charge in [-0.15, -0.1) is 0 Å². The Morgan fingerprint density at radius 2 is 2.14 bits per heavy atom. The molecule has 2 atom stereocenters. The molecule has 22 heavy (non-hydrogen) atoms. The number of nitro groups is 1. The van der Waals surface area contributed by atoms with Crippen LogP contribution in [0.3, 0.4) is 0 Å². The van der Waals surface area contributed by atoms with Gasteiger partial charge in [-0.1, -0.05) is 6.92 Å². The first-order valence-electron chi connectivity index (χ1n) is 7.36. The number of rotatable bonds is 7. The summed E-state index contributed by atoms with van der Waals surface area (Å²) in [6.07, 6.45) is 1.16. The molecule has 2 unspecified atom stereocenters. The van der Waals surface area contributed by atoms with E-state index in [4.69, 9.17) is 4.74 Å². The van der Waals surface area contributed by atoms with Gasteiger partial charge in [0.15, 0.2) is 6.61 Å². The van der Waals surface area contributed by atoms with Crippen LogP contribution in [0.1, 0.15) is 41.5 Å². The van der Waals surface area contributed by atoms with Crippen LogP contribution < -0.4 is 0 Å². The number of ketones is 1. The topological polar surface area (TPSA) is 91.4 Å². The van der Waals surface area contributed by atoms with E-state index in [2.05, 4.69) is 11.5 Å². The number of carbonyl (C=O) groups excluding carboxylic acids is 2. The van der Waals surface area contributed by atoms with E-state index in [1.807, 2.05) is 13.8 Å². The van der Waals surface area contributed by atoms with Gasteiger partial charge in [0, 0.05) is 34.8 Å². The van der Waals surface area contributed by atoms with Crippen molar-refractivity contribution < 1.29 is 19.2 Å². The van der Waals surface area contributed by atoms with E-state index in [1.54, 1.807) is 6.07 Å². The van der Waals surface area contributed by atoms with Crippen molar-refractivity contribution in [3.63, 3.8) is 0 Å². The molecule has 0 saturated heterocycles. The second kappa shape index (κ2) is 6.29. The summed E-state index contributed by atoms with van der Waals surface area (Å²) in [5.41, 5.74) is 2.39. The molecule has 7 heteroatoms. The second-order valence-electron chi connectivity index (χ2n) is 5.66. The summed E-state index contributed by atoms with van der Waals surface area (Å²) in [4.78, 5) is 33.8. The average Bonchev–Trinajstić information content (AvgIpc) is 3.22. The Morgan fingerprint density at radius 1 is 1.45 bits per heavy atom. The highest BCUT2D eigenvalue weighted by molar-refractivity contribution is 5.99. The molecule has 1 aliphatic carbocycles. The van der Waals surface area contributed by atoms with E-state index in [0.29, 0.717) is 5.56 Å². The first-order chi connectivity index (χ1) is 10.4. The standard InChI is InChI=1S/C15H20N2O5/c1-4-5-16-9(2)6-11(10(16)3)14(18)8-22-15(19)12-7-13(12)17(20)21/h6,12-13H,4-5,7-8H2,1-3H3. The Bertz CT molecular complexity index is 620. The largest absolute Gasteiger partial charge is 0.457 e. The zero-order chi connectivity index (χ0) is 16.4. The zero-order valence-electron chi connectivity index (χ0n) is 13.0. The summed E-state index contributed by atoms with van der Waals surface area (Å²) in [6, 6.07) is 0.940. The third-order valence-electron chi connectivity index (χ3n) is 4.00. The van der Waals surface area contributed by atoms with Crippen LogP contribution in [-0.4, -0.2) is 33.9 Å². The summed E-state index contributed by atoms with van der Waals surface area (Å²) in [5, 5.41) is 10.5. The lowest BCUT2D eigenvalue weighted by Gasteiger charge is -2.07. The Kier molecular flexibility index (Phi) is 4.63. The van der Waals surface area contributed by atoms with Crippen molar-refractivity contribution in [1.82, 2.24) is 4.57 Å². The highest BCUT2D eigenvalue weighted by Gasteiger charge is 2.54. The van der Waals surface area contributed by atoms with Gasteiger partial charge in [-0.2, -0.15) is 0 Å². The minimum Gasteiger partial charge on any atom is -0.457 e. The van der Waals surface area contributed by atoms with Crippen LogP contribution in [0, 0.1) is 29.9 Å². The monoisotopic (exact) mass is 308 g/mol. The third-order valence-corrected chi connectivity index (χ3v) is 4.00. The number of nitrogens with zero attached hydrogens (tertiary/aromatic N) is 2. The number of aromatic nitrogens is 1. The molecule has 0 amide bonds. The lowest BCUT2D eigenvalue weighted by atomic mass is 10.1. The van der Waals surface area contributed by atoms with Crippen molar-refractivity contribution in [2.45, 2.75) is 46.2 Å². The molecule has 0 aromatic carbocycles. The van der Waals surface area contributed by atoms with Crippen LogP contribution in [-0.2, 0) is 16.1 Å². The van der Waals surface area contributed by atoms with Gasteiger partial charge in [0.25, 0.3) is 0 Å². The number of hydrogen-bond donors (Lipinski definition) is 0. The maximum atomic E-state index is 12.2. The van der Waals surface area contributed by atoms with Crippen molar-refractivity contribution in [1.29, 1.82) is 0 Å². The predicted octanol–water partition coefficient (Wildman–Crippen LogP) is 1.91. The van der Waals surface area contributed by atoms with Gasteiger partial charge < -0.3 is 9.30 Å². The summed E-state index contributed by atoms with van der Waals surface area (Å²) in [5.74, 6) is -1.63. The molecule has 0 aliphatic heterocycles. The van der Waals surface area contributed by atoms with Crippen molar-refractivity contribution in [3.05, 3.63) is 33.1 Å². The Labute approximate surface area is 128 Å². The zero-order valence-corrected chi connectivity index (χ0v) is 13.0. The molecular weight excluding hydrogens is 288 g/mol. The molecule has 1 fully saturated rings. The van der Waals surface area contributed by atoms with Crippen molar-refractivity contribution in [2.24, 2.45) is 5.92 Å². The molecular formula is C15H20N2O5. The Balaban J connectivity index is 1.94. The summed E-state index contributed by atoms with van der Waals surface area (Å²) < 4.78 is 6.98. The van der Waals surface area contributed by atoms with Crippen molar-refractivity contribution in [3.8, 4) is 0 Å². The van der Waals surface area contributed by atoms with Gasteiger partial charge in [-0.25, -0.2) is 0 Å². The van der Waals surface area contributed by atoms with Crippen LogP contribution in [0.25, 0.3) is 0 Å². The van der Waals surface area contributed by atoms with Gasteiger partial charge in [0.05, 0.1) is 0 Å². The van der Waals surface area contributed by atoms with Crippen LogP contribution in [0.4, 0.5) is 0 Å². The van der Waals surface area contributed by atoms with E-state index < -0.39 is 22.9 Å². The Hall–Kier alpha value is -2.18. The SMILES string of the molecule is CCCn1c(C)cc(C(=O)COC(=O)C2CC2[N+](=O)[O-])c1C. The van der Waals surface area contributed by atoms with Crippen molar-refractivity contribution >= 4 is 11.8 Å². The highest BCUT2D eigenvalue weighted by atomic mass is 16.6. The van der Waals surface area contributed by atoms with E-state index >= 15 is 0 Å². The highest BCUT2D eigenvalue weighted by Crippen LogP contribution is 2.34. The smallest absolute Gasteiger partial charge is 0.316 e. The molecule has 1 aromatic heterocycles. The lowest BCUT2D eigenvalue weighted by Crippen LogP contribution is -2.18. The maximum Gasteiger partial charge on any atom is 0.316 e. The fraction of sp³-hybridized carbons (Fsp3) is 0.600. The fourth-order valence-corrected chi connectivity index (χ4v) is 2.64. The molecule has 2 rings (SSSR count). The molecule has 7 nitrogen and oxygen atoms in total. The van der Waals surface area contributed by atoms with Gasteiger partial charge in [-0.05, 0) is 26.3 Å². The number of ether oxygens (including phenoxy) is 1. The van der Waals surface area contributed by atoms with E-state index in [-0.39, 0.29) is 18.8 Å². The fourth-order valence-electron chi connectivity index (χ4n) is 2.64. The normalized spacial score (nSPS) is 19.8. The molecule has 0 radical (unpaired) electrons. The van der Waals surface area contributed by atoms with E-state index in [0.717, 1.165) is 24.4 Å². The molecule has 120 valence electrons. The molecule has 1 saturated carbocycles. The Morgan fingerprint density at radius 3 is 2.68 bits per heavy atom. The summed E-state index contributed by atoms with van der Waals surface area (Å²) in [7, 11) is 0. The maximum absolute atomic E-state index is 12.2. The van der Waals surface area contributed by atoms with Crippen LogP contribution in [0.15, 0.2) is 6.07 Å². The quantitative estimate of drug-likeness (QED) is 0.332. The van der Waals surface area contributed by atoms with E-state index in [9.17, 15) is 19.7 Å². The third kappa shape index (κ3) is 3.18. The molecule has 0 N–H and O–H groups in total. The molecule has 0 spiro atoms. The average molecular weight is 308 g/mol. The number of hydrogen-bond acceptors (Lipinski definition) is 5. The lowest BCUT2D eigenvalue weighted by molar-refractivity contribution is -0.497. The van der Waals surface area contributed by atoms with Gasteiger partial charge >= 0.3 is 5.97 Å². The summed E-state index contributed by atoms with van der Waals surface area (Å²) >= 11 is 0. The van der Waals surface area contributed by atoms with Crippen LogP contribution in [0.5, 0.6) is 0 Å². The van der Waals surface area contributed by atoms with Crippen molar-refractivity contribution in [2.75, 3.05) is 6.61 Å². The van der Waals surface area contributed by atoms with Crippen LogP contribution >= 0.6 is 0 Å². The first kappa shape index (κ1) is 16.2. The van der Waals surface area contributed by atoms with Gasteiger partial charge in [0.2, 0.25) is 11.8 Å². The summed E-state index contributed by atoms with van der Waals surface area (Å²) in [6.45, 7) is 6.32. The minimum absolute atomic E-state index is 0.199. The number of carbonyl (C=O) groups is 2. The van der Waals surface area contributed by atoms with E-state index in [1.165, 1.54) is 0 Å². The molecule has 1 heterocycles. The number of esters is 1. The molecule has 1 aromatic rings. The number of Topliss-reactive ketones (excluding diaryl/α,β-unsaturated/α-hetero) is 1. The molecule has 1 aliphatic rings. The number of aryl methyl sites for hydroxylation is 1. The first-order valence-corrected chi connectivity index (χ1v) is 7.36. The molecule has 0 bridgehead atoms. The van der Waals surface area contributed by atoms with Gasteiger partial charge in [-0.3, -0.25) is 19.7 Å². The van der Waals surface area contributed by atoms with Gasteiger partial charge in [0.1, 0.15) is 5.92 Å². The van der Waals surface area contributed by atoms with Crippen LogP contribution in [0.2, 0.25) is 0 Å². The second-order valence-corrected chi connectivity index (χ2v) is 5.66.